The number of methoxy groups -OCH3 is 1. The molecule has 112 valence electrons. The number of hydrogen-bond donors (Lipinski definition) is 1. The van der Waals surface area contributed by atoms with Crippen LogP contribution in [0.2, 0.25) is 0 Å². The van der Waals surface area contributed by atoms with Gasteiger partial charge in [-0.1, -0.05) is 24.3 Å². The Morgan fingerprint density at radius 2 is 2.05 bits per heavy atom. The molecular weight excluding hydrogens is 266 g/mol. The van der Waals surface area contributed by atoms with Gasteiger partial charge in [-0.3, -0.25) is 0 Å². The van der Waals surface area contributed by atoms with E-state index in [-0.39, 0.29) is 12.0 Å². The third-order valence-corrected chi connectivity index (χ3v) is 3.61. The van der Waals surface area contributed by atoms with E-state index in [0.29, 0.717) is 17.9 Å². The number of rotatable bonds is 5. The van der Waals surface area contributed by atoms with Gasteiger partial charge in [-0.15, -0.1) is 0 Å². The fourth-order valence-electron chi connectivity index (χ4n) is 2.38. The molecule has 21 heavy (non-hydrogen) atoms. The average molecular weight is 287 g/mol. The number of ether oxygens (including phenoxy) is 1. The van der Waals surface area contributed by atoms with Gasteiger partial charge in [0.1, 0.15) is 17.1 Å². The normalized spacial score (nSPS) is 12.2. The molecule has 0 fully saturated rings. The van der Waals surface area contributed by atoms with E-state index in [2.05, 4.69) is 31.3 Å². The summed E-state index contributed by atoms with van der Waals surface area (Å²) in [4.78, 5) is 11.5. The molecular formula is C17H21NO3. The minimum absolute atomic E-state index is 0.207. The van der Waals surface area contributed by atoms with Crippen molar-refractivity contribution in [2.75, 3.05) is 7.11 Å². The fourth-order valence-corrected chi connectivity index (χ4v) is 2.38. The number of hydrogen-bond acceptors (Lipinski definition) is 4. The molecule has 2 aromatic rings. The van der Waals surface area contributed by atoms with Crippen LogP contribution in [0.15, 0.2) is 34.7 Å². The highest BCUT2D eigenvalue weighted by atomic mass is 16.5. The van der Waals surface area contributed by atoms with Crippen LogP contribution in [0.4, 0.5) is 0 Å². The summed E-state index contributed by atoms with van der Waals surface area (Å²) in [6.07, 6.45) is 0. The minimum Gasteiger partial charge on any atom is -0.465 e. The van der Waals surface area contributed by atoms with E-state index in [1.807, 2.05) is 12.1 Å². The lowest BCUT2D eigenvalue weighted by Crippen LogP contribution is -2.18. The molecule has 0 radical (unpaired) electrons. The highest BCUT2D eigenvalue weighted by Gasteiger charge is 2.16. The monoisotopic (exact) mass is 287 g/mol. The van der Waals surface area contributed by atoms with Crippen molar-refractivity contribution in [1.29, 1.82) is 0 Å². The first-order valence-electron chi connectivity index (χ1n) is 6.99. The maximum Gasteiger partial charge on any atom is 0.341 e. The van der Waals surface area contributed by atoms with Crippen molar-refractivity contribution in [2.24, 2.45) is 0 Å². The molecule has 0 amide bonds. The number of nitrogens with one attached hydrogen (secondary N) is 1. The van der Waals surface area contributed by atoms with Crippen LogP contribution in [0.5, 0.6) is 0 Å². The Bertz CT molecular complexity index is 631. The lowest BCUT2D eigenvalue weighted by atomic mass is 10.0. The second-order valence-electron chi connectivity index (χ2n) is 5.13. The van der Waals surface area contributed by atoms with Crippen molar-refractivity contribution in [3.05, 3.63) is 58.5 Å². The number of carbonyl (C=O) groups is 1. The fraction of sp³-hybridized carbons (Fsp3) is 0.353. The van der Waals surface area contributed by atoms with Crippen LogP contribution in [-0.2, 0) is 11.3 Å². The predicted octanol–water partition coefficient (Wildman–Crippen LogP) is 3.53. The highest BCUT2D eigenvalue weighted by molar-refractivity contribution is 5.90. The second-order valence-corrected chi connectivity index (χ2v) is 5.13. The van der Waals surface area contributed by atoms with Gasteiger partial charge < -0.3 is 14.5 Å². The minimum atomic E-state index is -0.366. The quantitative estimate of drug-likeness (QED) is 0.855. The van der Waals surface area contributed by atoms with E-state index in [4.69, 9.17) is 9.15 Å². The molecule has 2 rings (SSSR count). The molecule has 0 saturated heterocycles. The Morgan fingerprint density at radius 1 is 1.33 bits per heavy atom. The van der Waals surface area contributed by atoms with Gasteiger partial charge in [-0.2, -0.15) is 0 Å². The van der Waals surface area contributed by atoms with Crippen LogP contribution in [0.3, 0.4) is 0 Å². The molecule has 1 heterocycles. The van der Waals surface area contributed by atoms with Gasteiger partial charge >= 0.3 is 5.97 Å². The molecule has 1 atom stereocenters. The zero-order valence-corrected chi connectivity index (χ0v) is 12.9. The third kappa shape index (κ3) is 3.52. The molecule has 0 aliphatic carbocycles. The van der Waals surface area contributed by atoms with E-state index in [1.165, 1.54) is 18.2 Å². The van der Waals surface area contributed by atoms with Crippen molar-refractivity contribution in [3.8, 4) is 0 Å². The Labute approximate surface area is 125 Å². The molecule has 0 saturated carbocycles. The standard InChI is InChI=1S/C17H21NO3/c1-11-7-5-6-8-15(11)12(2)18-10-14-9-16(13(3)21-14)17(19)20-4/h5-9,12,18H,10H2,1-4H3/t12-/m1/s1. The summed E-state index contributed by atoms with van der Waals surface area (Å²) in [6, 6.07) is 10.2. The van der Waals surface area contributed by atoms with Gasteiger partial charge in [0.2, 0.25) is 0 Å². The van der Waals surface area contributed by atoms with Crippen molar-refractivity contribution in [2.45, 2.75) is 33.4 Å². The van der Waals surface area contributed by atoms with Crippen molar-refractivity contribution < 1.29 is 13.9 Å². The third-order valence-electron chi connectivity index (χ3n) is 3.61. The first kappa shape index (κ1) is 15.3. The van der Waals surface area contributed by atoms with E-state index in [0.717, 1.165) is 5.76 Å². The lowest BCUT2D eigenvalue weighted by Gasteiger charge is -2.15. The van der Waals surface area contributed by atoms with Crippen LogP contribution in [0, 0.1) is 13.8 Å². The number of esters is 1. The Balaban J connectivity index is 2.03. The zero-order chi connectivity index (χ0) is 15.4. The molecule has 0 unspecified atom stereocenters. The topological polar surface area (TPSA) is 51.5 Å². The molecule has 0 spiro atoms. The number of benzene rings is 1. The summed E-state index contributed by atoms with van der Waals surface area (Å²) in [5, 5.41) is 3.41. The summed E-state index contributed by atoms with van der Waals surface area (Å²) >= 11 is 0. The first-order valence-corrected chi connectivity index (χ1v) is 6.99. The van der Waals surface area contributed by atoms with Gasteiger partial charge in [-0.05, 0) is 38.0 Å². The highest BCUT2D eigenvalue weighted by Crippen LogP contribution is 2.19. The van der Waals surface area contributed by atoms with Crippen LogP contribution >= 0.6 is 0 Å². The number of furan rings is 1. The number of carbonyl (C=O) groups excluding carboxylic acids is 1. The van der Waals surface area contributed by atoms with Gasteiger partial charge in [0, 0.05) is 6.04 Å². The van der Waals surface area contributed by atoms with Crippen molar-refractivity contribution >= 4 is 5.97 Å². The van der Waals surface area contributed by atoms with Crippen molar-refractivity contribution in [1.82, 2.24) is 5.32 Å². The molecule has 1 aromatic carbocycles. The van der Waals surface area contributed by atoms with Crippen LogP contribution < -0.4 is 5.32 Å². The van der Waals surface area contributed by atoms with Gasteiger partial charge in [-0.25, -0.2) is 4.79 Å². The van der Waals surface area contributed by atoms with Crippen LogP contribution in [0.25, 0.3) is 0 Å². The van der Waals surface area contributed by atoms with Crippen molar-refractivity contribution in [3.63, 3.8) is 0 Å². The van der Waals surface area contributed by atoms with E-state index in [1.54, 1.807) is 13.0 Å². The maximum absolute atomic E-state index is 11.5. The molecule has 0 aliphatic rings. The molecule has 4 heteroatoms. The van der Waals surface area contributed by atoms with E-state index in [9.17, 15) is 4.79 Å². The maximum atomic E-state index is 11.5. The molecule has 1 aromatic heterocycles. The summed E-state index contributed by atoms with van der Waals surface area (Å²) in [5.41, 5.74) is 3.00. The smallest absolute Gasteiger partial charge is 0.341 e. The van der Waals surface area contributed by atoms with E-state index >= 15 is 0 Å². The first-order chi connectivity index (χ1) is 10.0. The zero-order valence-electron chi connectivity index (χ0n) is 12.9. The molecule has 0 aliphatic heterocycles. The Morgan fingerprint density at radius 3 is 2.71 bits per heavy atom. The Kier molecular flexibility index (Phi) is 4.81. The van der Waals surface area contributed by atoms with Gasteiger partial charge in [0.15, 0.2) is 0 Å². The largest absolute Gasteiger partial charge is 0.465 e. The molecule has 4 nitrogen and oxygen atoms in total. The van der Waals surface area contributed by atoms with E-state index < -0.39 is 0 Å². The van der Waals surface area contributed by atoms with Gasteiger partial charge in [0.25, 0.3) is 0 Å². The lowest BCUT2D eigenvalue weighted by molar-refractivity contribution is 0.0599. The molecule has 0 bridgehead atoms. The SMILES string of the molecule is COC(=O)c1cc(CN[C@H](C)c2ccccc2C)oc1C. The summed E-state index contributed by atoms with van der Waals surface area (Å²) in [7, 11) is 1.37. The average Bonchev–Trinajstić information content (AvgIpc) is 2.85. The predicted molar refractivity (Wildman–Crippen MR) is 81.2 cm³/mol. The summed E-state index contributed by atoms with van der Waals surface area (Å²) < 4.78 is 10.3. The Hall–Kier alpha value is -2.07. The molecule has 1 N–H and O–H groups in total. The van der Waals surface area contributed by atoms with Crippen LogP contribution in [0.1, 0.15) is 46.0 Å². The number of aryl methyl sites for hydroxylation is 2. The summed E-state index contributed by atoms with van der Waals surface area (Å²) in [5.74, 6) is 0.949. The summed E-state index contributed by atoms with van der Waals surface area (Å²) in [6.45, 7) is 6.53. The van der Waals surface area contributed by atoms with Crippen LogP contribution in [-0.4, -0.2) is 13.1 Å². The van der Waals surface area contributed by atoms with Gasteiger partial charge in [0.05, 0.1) is 13.7 Å². The second kappa shape index (κ2) is 6.59.